The number of benzene rings is 1. The molecule has 1 aromatic rings. The van der Waals surface area contributed by atoms with E-state index in [2.05, 4.69) is 0 Å². The summed E-state index contributed by atoms with van der Waals surface area (Å²) in [7, 11) is 0. The van der Waals surface area contributed by atoms with Crippen LogP contribution in [0.2, 0.25) is 5.02 Å². The fraction of sp³-hybridized carbons (Fsp3) is 0.400. The standard InChI is InChI=1S/C10H14ClNO2/c11-8-2-1-3-10(6-8)14-5-4-9(12)7-13/h1-3,6,9,13H,4-5,7,12H2. The number of nitrogens with two attached hydrogens (primary N) is 1. The van der Waals surface area contributed by atoms with Crippen LogP contribution >= 0.6 is 11.6 Å². The third-order valence-electron chi connectivity index (χ3n) is 1.79. The van der Waals surface area contributed by atoms with Gasteiger partial charge in [0.25, 0.3) is 0 Å². The Balaban J connectivity index is 2.31. The average molecular weight is 216 g/mol. The quantitative estimate of drug-likeness (QED) is 0.782. The summed E-state index contributed by atoms with van der Waals surface area (Å²) >= 11 is 5.77. The average Bonchev–Trinajstić information content (AvgIpc) is 2.17. The lowest BCUT2D eigenvalue weighted by molar-refractivity contribution is 0.230. The second-order valence-electron chi connectivity index (χ2n) is 3.04. The van der Waals surface area contributed by atoms with E-state index in [4.69, 9.17) is 27.2 Å². The molecule has 1 rings (SSSR count). The molecule has 0 aliphatic heterocycles. The van der Waals surface area contributed by atoms with Crippen molar-refractivity contribution in [2.24, 2.45) is 5.73 Å². The number of ether oxygens (including phenoxy) is 1. The number of halogens is 1. The van der Waals surface area contributed by atoms with Gasteiger partial charge in [-0.1, -0.05) is 17.7 Å². The summed E-state index contributed by atoms with van der Waals surface area (Å²) in [6, 6.07) is 6.97. The van der Waals surface area contributed by atoms with Crippen LogP contribution in [0.1, 0.15) is 6.42 Å². The van der Waals surface area contributed by atoms with Crippen LogP contribution in [0.5, 0.6) is 5.75 Å². The maximum atomic E-state index is 8.67. The Morgan fingerprint density at radius 1 is 1.50 bits per heavy atom. The van der Waals surface area contributed by atoms with E-state index in [-0.39, 0.29) is 12.6 Å². The molecule has 3 nitrogen and oxygen atoms in total. The number of aliphatic hydroxyl groups is 1. The fourth-order valence-corrected chi connectivity index (χ4v) is 1.16. The Bertz CT molecular complexity index is 281. The summed E-state index contributed by atoms with van der Waals surface area (Å²) < 4.78 is 5.38. The van der Waals surface area contributed by atoms with Gasteiger partial charge in [0.2, 0.25) is 0 Å². The van der Waals surface area contributed by atoms with Crippen LogP contribution in [0.25, 0.3) is 0 Å². The van der Waals surface area contributed by atoms with Gasteiger partial charge in [-0.2, -0.15) is 0 Å². The van der Waals surface area contributed by atoms with E-state index in [1.807, 2.05) is 12.1 Å². The van der Waals surface area contributed by atoms with Crippen molar-refractivity contribution in [2.75, 3.05) is 13.2 Å². The fourth-order valence-electron chi connectivity index (χ4n) is 0.976. The van der Waals surface area contributed by atoms with Gasteiger partial charge in [-0.3, -0.25) is 0 Å². The maximum absolute atomic E-state index is 8.67. The summed E-state index contributed by atoms with van der Waals surface area (Å²) in [5.74, 6) is 0.725. The molecule has 0 saturated carbocycles. The molecule has 0 aliphatic rings. The minimum absolute atomic E-state index is 0.0150. The largest absolute Gasteiger partial charge is 0.493 e. The lowest BCUT2D eigenvalue weighted by Gasteiger charge is -2.09. The topological polar surface area (TPSA) is 55.5 Å². The van der Waals surface area contributed by atoms with Gasteiger partial charge in [-0.25, -0.2) is 0 Å². The third kappa shape index (κ3) is 3.96. The monoisotopic (exact) mass is 215 g/mol. The van der Waals surface area contributed by atoms with Crippen molar-refractivity contribution < 1.29 is 9.84 Å². The highest BCUT2D eigenvalue weighted by molar-refractivity contribution is 6.30. The van der Waals surface area contributed by atoms with Gasteiger partial charge in [0.15, 0.2) is 0 Å². The second kappa shape index (κ2) is 5.86. The highest BCUT2D eigenvalue weighted by Gasteiger charge is 2.00. The van der Waals surface area contributed by atoms with Gasteiger partial charge in [-0.05, 0) is 24.6 Å². The van der Waals surface area contributed by atoms with Crippen molar-refractivity contribution in [1.29, 1.82) is 0 Å². The molecule has 1 aromatic carbocycles. The Labute approximate surface area is 88.4 Å². The predicted molar refractivity (Wildman–Crippen MR) is 56.6 cm³/mol. The molecular formula is C10H14ClNO2. The number of rotatable bonds is 5. The van der Waals surface area contributed by atoms with E-state index in [9.17, 15) is 0 Å². The van der Waals surface area contributed by atoms with Crippen LogP contribution in [0, 0.1) is 0 Å². The maximum Gasteiger partial charge on any atom is 0.120 e. The molecule has 78 valence electrons. The van der Waals surface area contributed by atoms with Crippen molar-refractivity contribution in [1.82, 2.24) is 0 Å². The SMILES string of the molecule is NC(CO)CCOc1cccc(Cl)c1. The summed E-state index contributed by atoms with van der Waals surface area (Å²) in [6.45, 7) is 0.473. The minimum atomic E-state index is -0.214. The van der Waals surface area contributed by atoms with Crippen LogP contribution in [0.3, 0.4) is 0 Å². The van der Waals surface area contributed by atoms with Crippen LogP contribution in [0.15, 0.2) is 24.3 Å². The van der Waals surface area contributed by atoms with Gasteiger partial charge in [-0.15, -0.1) is 0 Å². The third-order valence-corrected chi connectivity index (χ3v) is 2.02. The van der Waals surface area contributed by atoms with Crippen LogP contribution in [0.4, 0.5) is 0 Å². The van der Waals surface area contributed by atoms with E-state index >= 15 is 0 Å². The molecule has 4 heteroatoms. The molecule has 3 N–H and O–H groups in total. The van der Waals surface area contributed by atoms with Gasteiger partial charge < -0.3 is 15.6 Å². The number of hydrogen-bond acceptors (Lipinski definition) is 3. The van der Waals surface area contributed by atoms with Gasteiger partial charge in [0.1, 0.15) is 5.75 Å². The van der Waals surface area contributed by atoms with E-state index in [1.54, 1.807) is 12.1 Å². The molecule has 0 bridgehead atoms. The first kappa shape index (κ1) is 11.3. The summed E-state index contributed by atoms with van der Waals surface area (Å²) in [4.78, 5) is 0. The molecule has 0 saturated heterocycles. The molecule has 1 atom stereocenters. The van der Waals surface area contributed by atoms with E-state index in [1.165, 1.54) is 0 Å². The molecule has 14 heavy (non-hydrogen) atoms. The zero-order valence-corrected chi connectivity index (χ0v) is 8.57. The Hall–Kier alpha value is -0.770. The van der Waals surface area contributed by atoms with Crippen molar-refractivity contribution in [3.05, 3.63) is 29.3 Å². The van der Waals surface area contributed by atoms with Gasteiger partial charge in [0.05, 0.1) is 13.2 Å². The smallest absolute Gasteiger partial charge is 0.120 e. The van der Waals surface area contributed by atoms with Crippen LogP contribution in [-0.2, 0) is 0 Å². The molecule has 0 heterocycles. The molecule has 0 radical (unpaired) electrons. The lowest BCUT2D eigenvalue weighted by atomic mass is 10.2. The highest BCUT2D eigenvalue weighted by Crippen LogP contribution is 2.17. The van der Waals surface area contributed by atoms with Crippen molar-refractivity contribution in [2.45, 2.75) is 12.5 Å². The first-order valence-corrected chi connectivity index (χ1v) is 4.85. The predicted octanol–water partition coefficient (Wildman–Crippen LogP) is 1.43. The summed E-state index contributed by atoms with van der Waals surface area (Å²) in [6.07, 6.45) is 0.628. The Morgan fingerprint density at radius 3 is 2.93 bits per heavy atom. The molecule has 0 fully saturated rings. The zero-order chi connectivity index (χ0) is 10.4. The molecule has 0 aliphatic carbocycles. The molecular weight excluding hydrogens is 202 g/mol. The normalized spacial score (nSPS) is 12.5. The Kier molecular flexibility index (Phi) is 4.73. The van der Waals surface area contributed by atoms with Gasteiger partial charge >= 0.3 is 0 Å². The summed E-state index contributed by atoms with van der Waals surface area (Å²) in [5, 5.41) is 9.32. The number of hydrogen-bond donors (Lipinski definition) is 2. The molecule has 0 aromatic heterocycles. The molecule has 1 unspecified atom stereocenters. The van der Waals surface area contributed by atoms with E-state index < -0.39 is 0 Å². The van der Waals surface area contributed by atoms with Crippen molar-refractivity contribution >= 4 is 11.6 Å². The second-order valence-corrected chi connectivity index (χ2v) is 3.47. The van der Waals surface area contributed by atoms with Crippen LogP contribution < -0.4 is 10.5 Å². The van der Waals surface area contributed by atoms with E-state index in [0.717, 1.165) is 5.75 Å². The lowest BCUT2D eigenvalue weighted by Crippen LogP contribution is -2.26. The highest BCUT2D eigenvalue weighted by atomic mass is 35.5. The van der Waals surface area contributed by atoms with Crippen molar-refractivity contribution in [3.8, 4) is 5.75 Å². The van der Waals surface area contributed by atoms with Crippen LogP contribution in [-0.4, -0.2) is 24.4 Å². The first-order valence-electron chi connectivity index (χ1n) is 4.47. The summed E-state index contributed by atoms with van der Waals surface area (Å²) in [5.41, 5.74) is 5.51. The molecule has 0 spiro atoms. The Morgan fingerprint density at radius 2 is 2.29 bits per heavy atom. The number of aliphatic hydroxyl groups excluding tert-OH is 1. The molecule has 0 amide bonds. The minimum Gasteiger partial charge on any atom is -0.493 e. The van der Waals surface area contributed by atoms with E-state index in [0.29, 0.717) is 18.1 Å². The zero-order valence-electron chi connectivity index (χ0n) is 7.82. The first-order chi connectivity index (χ1) is 6.72. The van der Waals surface area contributed by atoms with Crippen molar-refractivity contribution in [3.63, 3.8) is 0 Å². The van der Waals surface area contributed by atoms with Gasteiger partial charge in [0, 0.05) is 11.1 Å².